The predicted octanol–water partition coefficient (Wildman–Crippen LogP) is 3.58. The maximum Gasteiger partial charge on any atom is 0.305 e. The van der Waals surface area contributed by atoms with Gasteiger partial charge in [-0.1, -0.05) is 30.0 Å². The third-order valence-corrected chi connectivity index (χ3v) is 4.69. The number of rotatable bonds is 8. The van der Waals surface area contributed by atoms with E-state index in [9.17, 15) is 4.79 Å². The second-order valence-corrected chi connectivity index (χ2v) is 6.61. The van der Waals surface area contributed by atoms with Crippen LogP contribution in [0.4, 0.5) is 0 Å². The number of thioether (sulfide) groups is 1. The van der Waals surface area contributed by atoms with Gasteiger partial charge in [0.1, 0.15) is 5.82 Å². The van der Waals surface area contributed by atoms with Crippen LogP contribution in [0.2, 0.25) is 0 Å². The number of ether oxygens (including phenoxy) is 1. The van der Waals surface area contributed by atoms with Crippen LogP contribution in [0.3, 0.4) is 0 Å². The molecule has 0 N–H and O–H groups in total. The molecule has 1 aliphatic rings. The number of hydrogen-bond acceptors (Lipinski definition) is 5. The van der Waals surface area contributed by atoms with E-state index in [1.807, 2.05) is 25.1 Å². The summed E-state index contributed by atoms with van der Waals surface area (Å²) in [4.78, 5) is 11.4. The Labute approximate surface area is 140 Å². The summed E-state index contributed by atoms with van der Waals surface area (Å²) in [5.41, 5.74) is 1.10. The first-order valence-electron chi connectivity index (χ1n) is 8.08. The fourth-order valence-corrected chi connectivity index (χ4v) is 3.31. The van der Waals surface area contributed by atoms with Gasteiger partial charge in [-0.25, -0.2) is 0 Å². The summed E-state index contributed by atoms with van der Waals surface area (Å²) < 4.78 is 7.11. The van der Waals surface area contributed by atoms with Crippen LogP contribution in [0, 0.1) is 0 Å². The van der Waals surface area contributed by atoms with Gasteiger partial charge in [-0.3, -0.25) is 9.36 Å². The van der Waals surface area contributed by atoms with Crippen molar-refractivity contribution < 1.29 is 9.53 Å². The number of para-hydroxylation sites is 1. The maximum absolute atomic E-state index is 11.4. The molecule has 1 aromatic carbocycles. The van der Waals surface area contributed by atoms with Crippen molar-refractivity contribution in [1.29, 1.82) is 0 Å². The fraction of sp³-hybridized carbons (Fsp3) is 0.471. The Kier molecular flexibility index (Phi) is 5.33. The number of esters is 1. The van der Waals surface area contributed by atoms with Crippen molar-refractivity contribution in [3.05, 3.63) is 36.2 Å². The number of hydrogen-bond donors (Lipinski definition) is 0. The second kappa shape index (κ2) is 7.64. The molecule has 1 aromatic heterocycles. The molecule has 122 valence electrons. The van der Waals surface area contributed by atoms with Gasteiger partial charge < -0.3 is 4.74 Å². The third-order valence-electron chi connectivity index (χ3n) is 3.68. The lowest BCUT2D eigenvalue weighted by Crippen LogP contribution is -2.04. The van der Waals surface area contributed by atoms with E-state index in [4.69, 9.17) is 4.74 Å². The van der Waals surface area contributed by atoms with Gasteiger partial charge in [0.05, 0.1) is 6.61 Å². The molecule has 1 aliphatic carbocycles. The highest BCUT2D eigenvalue weighted by Gasteiger charge is 2.30. The van der Waals surface area contributed by atoms with Crippen LogP contribution in [0.1, 0.15) is 44.3 Å². The van der Waals surface area contributed by atoms with Crippen LogP contribution < -0.4 is 0 Å². The van der Waals surface area contributed by atoms with Gasteiger partial charge in [-0.15, -0.1) is 10.2 Å². The van der Waals surface area contributed by atoms with Gasteiger partial charge in [-0.2, -0.15) is 0 Å². The zero-order valence-corrected chi connectivity index (χ0v) is 14.1. The molecule has 0 unspecified atom stereocenters. The number of aromatic nitrogens is 3. The number of carbonyl (C=O) groups excluding carboxylic acids is 1. The highest BCUT2D eigenvalue weighted by molar-refractivity contribution is 7.99. The number of carbonyl (C=O) groups is 1. The molecule has 1 saturated carbocycles. The Morgan fingerprint density at radius 3 is 2.78 bits per heavy atom. The van der Waals surface area contributed by atoms with Gasteiger partial charge in [0, 0.05) is 23.8 Å². The first-order chi connectivity index (χ1) is 11.3. The zero-order chi connectivity index (χ0) is 16.1. The Bertz CT molecular complexity index is 653. The van der Waals surface area contributed by atoms with E-state index in [1.54, 1.807) is 11.8 Å². The first-order valence-corrected chi connectivity index (χ1v) is 9.07. The minimum Gasteiger partial charge on any atom is -0.466 e. The van der Waals surface area contributed by atoms with Gasteiger partial charge in [0.25, 0.3) is 0 Å². The normalized spacial score (nSPS) is 14.0. The van der Waals surface area contributed by atoms with Crippen LogP contribution in [-0.2, 0) is 9.53 Å². The maximum atomic E-state index is 11.4. The molecular weight excluding hydrogens is 310 g/mol. The monoisotopic (exact) mass is 331 g/mol. The van der Waals surface area contributed by atoms with Crippen LogP contribution in [0.25, 0.3) is 5.69 Å². The standard InChI is InChI=1S/C17H21N3O2S/c1-2-22-15(21)9-6-12-23-17-19-18-16(13-10-11-13)20(17)14-7-4-3-5-8-14/h3-5,7-8,13H,2,6,9-12H2,1H3. The van der Waals surface area contributed by atoms with Gasteiger partial charge >= 0.3 is 5.97 Å². The molecule has 5 nitrogen and oxygen atoms in total. The van der Waals surface area contributed by atoms with Gasteiger partial charge in [0.2, 0.25) is 0 Å². The van der Waals surface area contributed by atoms with E-state index < -0.39 is 0 Å². The molecule has 0 amide bonds. The highest BCUT2D eigenvalue weighted by Crippen LogP contribution is 2.41. The van der Waals surface area contributed by atoms with E-state index in [2.05, 4.69) is 26.9 Å². The van der Waals surface area contributed by atoms with Crippen molar-refractivity contribution >= 4 is 17.7 Å². The molecule has 0 atom stereocenters. The van der Waals surface area contributed by atoms with Crippen molar-refractivity contribution in [2.45, 2.75) is 43.7 Å². The molecule has 2 aromatic rings. The summed E-state index contributed by atoms with van der Waals surface area (Å²) in [6.07, 6.45) is 3.62. The lowest BCUT2D eigenvalue weighted by atomic mass is 10.3. The van der Waals surface area contributed by atoms with Crippen LogP contribution in [0.15, 0.2) is 35.5 Å². The van der Waals surface area contributed by atoms with Crippen molar-refractivity contribution in [3.63, 3.8) is 0 Å². The molecule has 1 fully saturated rings. The topological polar surface area (TPSA) is 57.0 Å². The average molecular weight is 331 g/mol. The van der Waals surface area contributed by atoms with E-state index >= 15 is 0 Å². The zero-order valence-electron chi connectivity index (χ0n) is 13.3. The second-order valence-electron chi connectivity index (χ2n) is 5.54. The molecular formula is C17H21N3O2S. The van der Waals surface area contributed by atoms with Crippen molar-refractivity contribution in [2.75, 3.05) is 12.4 Å². The lowest BCUT2D eigenvalue weighted by Gasteiger charge is -2.09. The summed E-state index contributed by atoms with van der Waals surface area (Å²) in [5.74, 6) is 2.30. The summed E-state index contributed by atoms with van der Waals surface area (Å²) in [7, 11) is 0. The molecule has 23 heavy (non-hydrogen) atoms. The number of nitrogens with zero attached hydrogens (tertiary/aromatic N) is 3. The smallest absolute Gasteiger partial charge is 0.305 e. The molecule has 6 heteroatoms. The van der Waals surface area contributed by atoms with Crippen LogP contribution >= 0.6 is 11.8 Å². The molecule has 1 heterocycles. The van der Waals surface area contributed by atoms with Gasteiger partial charge in [-0.05, 0) is 38.3 Å². The summed E-state index contributed by atoms with van der Waals surface area (Å²) in [5, 5.41) is 9.67. The Morgan fingerprint density at radius 2 is 2.09 bits per heavy atom. The minimum absolute atomic E-state index is 0.128. The van der Waals surface area contributed by atoms with Crippen molar-refractivity contribution in [2.24, 2.45) is 0 Å². The fourth-order valence-electron chi connectivity index (χ4n) is 2.41. The molecule has 0 spiro atoms. The molecule has 0 radical (unpaired) electrons. The predicted molar refractivity (Wildman–Crippen MR) is 89.9 cm³/mol. The minimum atomic E-state index is -0.128. The highest BCUT2D eigenvalue weighted by atomic mass is 32.2. The first kappa shape index (κ1) is 16.1. The lowest BCUT2D eigenvalue weighted by molar-refractivity contribution is -0.143. The Balaban J connectivity index is 1.66. The SMILES string of the molecule is CCOC(=O)CCCSc1nnc(C2CC2)n1-c1ccccc1. The summed E-state index contributed by atoms with van der Waals surface area (Å²) >= 11 is 1.65. The van der Waals surface area contributed by atoms with Crippen molar-refractivity contribution in [1.82, 2.24) is 14.8 Å². The third kappa shape index (κ3) is 4.13. The Hall–Kier alpha value is -1.82. The summed E-state index contributed by atoms with van der Waals surface area (Å²) in [6, 6.07) is 10.2. The van der Waals surface area contributed by atoms with Gasteiger partial charge in [0.15, 0.2) is 5.16 Å². The van der Waals surface area contributed by atoms with E-state index in [-0.39, 0.29) is 5.97 Å². The van der Waals surface area contributed by atoms with E-state index in [0.717, 1.165) is 28.8 Å². The molecule has 0 bridgehead atoms. The average Bonchev–Trinajstić information content (AvgIpc) is 3.33. The quantitative estimate of drug-likeness (QED) is 0.420. The van der Waals surface area contributed by atoms with E-state index in [0.29, 0.717) is 18.9 Å². The Morgan fingerprint density at radius 1 is 1.30 bits per heavy atom. The molecule has 0 aliphatic heterocycles. The van der Waals surface area contributed by atoms with Crippen molar-refractivity contribution in [3.8, 4) is 5.69 Å². The molecule has 0 saturated heterocycles. The largest absolute Gasteiger partial charge is 0.466 e. The summed E-state index contributed by atoms with van der Waals surface area (Å²) in [6.45, 7) is 2.27. The van der Waals surface area contributed by atoms with Crippen LogP contribution in [-0.4, -0.2) is 33.1 Å². The number of benzene rings is 1. The van der Waals surface area contributed by atoms with Crippen LogP contribution in [0.5, 0.6) is 0 Å². The van der Waals surface area contributed by atoms with E-state index in [1.165, 1.54) is 12.8 Å². The molecule has 3 rings (SSSR count).